The highest BCUT2D eigenvalue weighted by molar-refractivity contribution is 14.1. The minimum Gasteiger partial charge on any atom is -0.478 e. The molecule has 2 atom stereocenters. The van der Waals surface area contributed by atoms with Crippen LogP contribution < -0.4 is 9.80 Å². The zero-order valence-corrected chi connectivity index (χ0v) is 25.5. The molecule has 3 heterocycles. The van der Waals surface area contributed by atoms with Crippen molar-refractivity contribution in [2.75, 3.05) is 49.1 Å². The number of benzene rings is 2. The summed E-state index contributed by atoms with van der Waals surface area (Å²) < 4.78 is 80.5. The zero-order chi connectivity index (χ0) is 31.1. The summed E-state index contributed by atoms with van der Waals surface area (Å²) in [4.78, 5) is 16.9. The maximum Gasteiger partial charge on any atom is 0.433 e. The number of hydrogen-bond donors (Lipinski definition) is 1. The van der Waals surface area contributed by atoms with Gasteiger partial charge in [0.2, 0.25) is 0 Å². The number of carboxylic acid groups (broad SMARTS) is 1. The van der Waals surface area contributed by atoms with E-state index in [9.17, 15) is 36.2 Å². The van der Waals surface area contributed by atoms with Crippen molar-refractivity contribution >= 4 is 51.5 Å². The van der Waals surface area contributed by atoms with E-state index in [0.717, 1.165) is 27.7 Å². The van der Waals surface area contributed by atoms with Crippen LogP contribution in [0.15, 0.2) is 48.7 Å². The lowest BCUT2D eigenvalue weighted by Gasteiger charge is -2.41. The van der Waals surface area contributed by atoms with Crippen LogP contribution in [0.4, 0.5) is 37.7 Å². The van der Waals surface area contributed by atoms with Gasteiger partial charge in [-0.25, -0.2) is 4.79 Å². The van der Waals surface area contributed by atoms with E-state index in [1.807, 2.05) is 40.1 Å². The second kappa shape index (κ2) is 12.3. The van der Waals surface area contributed by atoms with E-state index in [-0.39, 0.29) is 0 Å². The van der Waals surface area contributed by atoms with Gasteiger partial charge in [0.25, 0.3) is 0 Å². The van der Waals surface area contributed by atoms with Gasteiger partial charge >= 0.3 is 18.3 Å². The number of aromatic nitrogens is 2. The quantitative estimate of drug-likeness (QED) is 0.125. The van der Waals surface area contributed by atoms with E-state index < -0.39 is 46.2 Å². The Hall–Kier alpha value is -2.72. The first-order valence-corrected chi connectivity index (χ1v) is 15.1. The van der Waals surface area contributed by atoms with E-state index in [1.54, 1.807) is 12.1 Å². The summed E-state index contributed by atoms with van der Waals surface area (Å²) in [7, 11) is 0. The maximum atomic E-state index is 14.0. The summed E-state index contributed by atoms with van der Waals surface area (Å²) in [5, 5.41) is 13.7. The van der Waals surface area contributed by atoms with Crippen molar-refractivity contribution in [3.63, 3.8) is 0 Å². The Morgan fingerprint density at radius 3 is 2.28 bits per heavy atom. The van der Waals surface area contributed by atoms with Gasteiger partial charge < -0.3 is 14.9 Å². The molecule has 2 unspecified atom stereocenters. The second-order valence-corrected chi connectivity index (χ2v) is 12.2. The van der Waals surface area contributed by atoms with Crippen molar-refractivity contribution in [3.05, 3.63) is 64.9 Å². The van der Waals surface area contributed by atoms with E-state index >= 15 is 0 Å². The molecule has 43 heavy (non-hydrogen) atoms. The van der Waals surface area contributed by atoms with Crippen LogP contribution in [0.1, 0.15) is 34.9 Å². The molecule has 0 spiro atoms. The van der Waals surface area contributed by atoms with Crippen molar-refractivity contribution in [3.8, 4) is 11.1 Å². The molecule has 0 aliphatic carbocycles. The molecule has 0 radical (unpaired) electrons. The lowest BCUT2D eigenvalue weighted by Crippen LogP contribution is -2.49. The number of halogens is 8. The van der Waals surface area contributed by atoms with Crippen LogP contribution in [0.2, 0.25) is 5.02 Å². The fraction of sp³-hybridized carbons (Fsp3) is 0.429. The molecule has 2 aliphatic rings. The van der Waals surface area contributed by atoms with Gasteiger partial charge in [-0.2, -0.15) is 31.4 Å². The summed E-state index contributed by atoms with van der Waals surface area (Å²) in [6.07, 6.45) is -7.48. The highest BCUT2D eigenvalue weighted by atomic mass is 127. The summed E-state index contributed by atoms with van der Waals surface area (Å²) in [6.45, 7) is 1.14. The van der Waals surface area contributed by atoms with Gasteiger partial charge in [-0.3, -0.25) is 9.58 Å². The average Bonchev–Trinajstić information content (AvgIpc) is 3.39. The SMILES string of the molecule is O=C(O)c1cnn(C2CCCN(c3cc(Cl)ccc3-c3ccc(N4CCN(CC(F)(F)F)CC4)cc3)C2I)c1C(F)(F)F. The first kappa shape index (κ1) is 31.7. The predicted octanol–water partition coefficient (Wildman–Crippen LogP) is 7.21. The normalized spacial score (nSPS) is 20.5. The molecule has 2 saturated heterocycles. The van der Waals surface area contributed by atoms with Gasteiger partial charge in [-0.15, -0.1) is 0 Å². The number of carbonyl (C=O) groups is 1. The highest BCUT2D eigenvalue weighted by Gasteiger charge is 2.44. The van der Waals surface area contributed by atoms with Crippen molar-refractivity contribution in [2.24, 2.45) is 0 Å². The fourth-order valence-electron chi connectivity index (χ4n) is 5.74. The van der Waals surface area contributed by atoms with Crippen LogP contribution in [-0.2, 0) is 6.18 Å². The van der Waals surface area contributed by atoms with Crippen LogP contribution in [0, 0.1) is 0 Å². The van der Waals surface area contributed by atoms with Crippen molar-refractivity contribution in [1.29, 1.82) is 0 Å². The third kappa shape index (κ3) is 7.00. The first-order chi connectivity index (χ1) is 20.2. The molecule has 0 saturated carbocycles. The smallest absolute Gasteiger partial charge is 0.433 e. The van der Waals surface area contributed by atoms with Gasteiger partial charge in [-0.1, -0.05) is 52.4 Å². The molecule has 2 aliphatic heterocycles. The Kier molecular flexibility index (Phi) is 9.10. The molecule has 7 nitrogen and oxygen atoms in total. The first-order valence-electron chi connectivity index (χ1n) is 13.5. The average molecular weight is 742 g/mol. The molecule has 15 heteroatoms. The highest BCUT2D eigenvalue weighted by Crippen LogP contribution is 2.43. The molecule has 1 N–H and O–H groups in total. The van der Waals surface area contributed by atoms with E-state index in [2.05, 4.69) is 27.7 Å². The Labute approximate surface area is 262 Å². The molecule has 0 amide bonds. The third-order valence-corrected chi connectivity index (χ3v) is 9.45. The molecular formula is C28H27ClF6IN5O2. The number of rotatable bonds is 6. The standard InChI is InChI=1S/C28H27ClF6IN5O2/c29-18-5-8-20(17-3-6-19(7-4-17)39-12-10-38(11-13-39)16-27(30,31)32)23(14-18)40-9-1-2-22(25(40)36)41-24(28(33,34)35)21(15-37-41)26(42)43/h3-8,14-15,22,25H,1-2,9-13,16H2,(H,42,43). The Balaban J connectivity index is 1.40. The van der Waals surface area contributed by atoms with Crippen LogP contribution >= 0.6 is 34.2 Å². The Morgan fingerprint density at radius 1 is 1.00 bits per heavy atom. The molecule has 5 rings (SSSR count). The van der Waals surface area contributed by atoms with Crippen LogP contribution in [0.3, 0.4) is 0 Å². The monoisotopic (exact) mass is 741 g/mol. The van der Waals surface area contributed by atoms with Crippen LogP contribution in [-0.4, -0.2) is 75.2 Å². The number of nitrogens with zero attached hydrogens (tertiary/aromatic N) is 5. The van der Waals surface area contributed by atoms with E-state index in [0.29, 0.717) is 56.3 Å². The summed E-state index contributed by atoms with van der Waals surface area (Å²) in [6, 6.07) is 12.2. The largest absolute Gasteiger partial charge is 0.478 e. The van der Waals surface area contributed by atoms with Crippen LogP contribution in [0.25, 0.3) is 11.1 Å². The summed E-state index contributed by atoms with van der Waals surface area (Å²) in [5.41, 5.74) is 1.05. The number of piperazine rings is 1. The Morgan fingerprint density at radius 2 is 1.67 bits per heavy atom. The number of alkyl halides is 7. The zero-order valence-electron chi connectivity index (χ0n) is 22.5. The van der Waals surface area contributed by atoms with Crippen molar-refractivity contribution in [1.82, 2.24) is 14.7 Å². The molecule has 2 aromatic carbocycles. The maximum absolute atomic E-state index is 14.0. The molecule has 3 aromatic rings. The number of piperidine rings is 1. The fourth-order valence-corrected chi connectivity index (χ4v) is 7.15. The molecule has 2 fully saturated rings. The predicted molar refractivity (Wildman–Crippen MR) is 159 cm³/mol. The molecular weight excluding hydrogens is 715 g/mol. The van der Waals surface area contributed by atoms with Gasteiger partial charge in [0.15, 0.2) is 5.69 Å². The number of hydrogen-bond acceptors (Lipinski definition) is 5. The minimum absolute atomic E-state index is 0.302. The third-order valence-electron chi connectivity index (χ3n) is 7.71. The second-order valence-electron chi connectivity index (χ2n) is 10.5. The van der Waals surface area contributed by atoms with Gasteiger partial charge in [0.05, 0.1) is 18.8 Å². The summed E-state index contributed by atoms with van der Waals surface area (Å²) >= 11 is 8.46. The van der Waals surface area contributed by atoms with Crippen molar-refractivity contribution in [2.45, 2.75) is 35.3 Å². The topological polar surface area (TPSA) is 64.8 Å². The number of anilines is 2. The lowest BCUT2D eigenvalue weighted by atomic mass is 9.99. The number of aromatic carboxylic acids is 1. The molecule has 0 bridgehead atoms. The molecule has 1 aromatic heterocycles. The van der Waals surface area contributed by atoms with E-state index in [4.69, 9.17) is 11.6 Å². The van der Waals surface area contributed by atoms with Gasteiger partial charge in [0.1, 0.15) is 9.61 Å². The minimum atomic E-state index is -4.91. The van der Waals surface area contributed by atoms with Gasteiger partial charge in [-0.05, 0) is 42.7 Å². The number of carboxylic acids is 1. The van der Waals surface area contributed by atoms with Gasteiger partial charge in [0, 0.05) is 54.7 Å². The van der Waals surface area contributed by atoms with E-state index in [1.165, 1.54) is 4.90 Å². The van der Waals surface area contributed by atoms with Crippen LogP contribution in [0.5, 0.6) is 0 Å². The Bertz CT molecular complexity index is 1460. The lowest BCUT2D eigenvalue weighted by molar-refractivity contribution is -0.146. The van der Waals surface area contributed by atoms with Crippen molar-refractivity contribution < 1.29 is 36.2 Å². The summed E-state index contributed by atoms with van der Waals surface area (Å²) in [5.74, 6) is -1.69. The molecule has 232 valence electrons.